The summed E-state index contributed by atoms with van der Waals surface area (Å²) in [5.74, 6) is -2.40. The first kappa shape index (κ1) is 25.3. The maximum atomic E-state index is 12.2. The number of carbonyl (C=O) groups excluding carboxylic acids is 3. The monoisotopic (exact) mass is 518 g/mol. The molecule has 0 aliphatic carbocycles. The number of hydrogen-bond donors (Lipinski definition) is 0. The molecule has 0 bridgehead atoms. The quantitative estimate of drug-likeness (QED) is 0.194. The molecule has 0 heterocycles. The first-order valence-corrected chi connectivity index (χ1v) is 10.8. The van der Waals surface area contributed by atoms with Crippen molar-refractivity contribution in [2.24, 2.45) is 11.8 Å². The van der Waals surface area contributed by atoms with E-state index in [1.807, 2.05) is 22.6 Å². The molecule has 1 aromatic rings. The van der Waals surface area contributed by atoms with Crippen LogP contribution in [-0.4, -0.2) is 34.6 Å². The van der Waals surface area contributed by atoms with Gasteiger partial charge < -0.3 is 25.7 Å². The maximum Gasteiger partial charge on any atom is 0.306 e. The van der Waals surface area contributed by atoms with Gasteiger partial charge in [-0.3, -0.25) is 14.4 Å². The minimum atomic E-state index is -1.10. The number of aryl methyl sites for hydroxylation is 1. The lowest BCUT2D eigenvalue weighted by Crippen LogP contribution is -2.29. The Morgan fingerprint density at radius 3 is 1.93 bits per heavy atom. The molecule has 1 aromatic carbocycles. The van der Waals surface area contributed by atoms with E-state index in [2.05, 4.69) is 0 Å². The number of esters is 3. The van der Waals surface area contributed by atoms with Crippen LogP contribution in [0.1, 0.15) is 39.7 Å². The van der Waals surface area contributed by atoms with E-state index in [0.29, 0.717) is 12.0 Å². The van der Waals surface area contributed by atoms with Crippen molar-refractivity contribution in [3.63, 3.8) is 0 Å². The average molecular weight is 518 g/mol. The molecule has 2 atom stereocenters. The Labute approximate surface area is 184 Å². The molecule has 0 aliphatic rings. The lowest BCUT2D eigenvalue weighted by atomic mass is 10.1. The smallest absolute Gasteiger partial charge is 0.306 e. The molecule has 29 heavy (non-hydrogen) atoms. The number of benzene rings is 1. The van der Waals surface area contributed by atoms with Crippen molar-refractivity contribution in [2.75, 3.05) is 4.61 Å². The van der Waals surface area contributed by atoms with E-state index >= 15 is 0 Å². The first-order chi connectivity index (χ1) is 13.6. The Kier molecular flexibility index (Phi) is 10.5. The summed E-state index contributed by atoms with van der Waals surface area (Å²) in [6.07, 6.45) is 0.487. The van der Waals surface area contributed by atoms with Crippen LogP contribution < -0.4 is 9.47 Å². The van der Waals surface area contributed by atoms with E-state index in [4.69, 9.17) is 25.7 Å². The minimum Gasteiger partial charge on any atom is -0.665 e. The molecule has 0 aromatic heterocycles. The van der Waals surface area contributed by atoms with Crippen molar-refractivity contribution < 1.29 is 28.6 Å². The summed E-state index contributed by atoms with van der Waals surface area (Å²) < 4.78 is 15.7. The van der Waals surface area contributed by atoms with Gasteiger partial charge in [0.15, 0.2) is 11.5 Å². The lowest BCUT2D eigenvalue weighted by molar-refractivity contribution is -0.141. The van der Waals surface area contributed by atoms with Crippen molar-refractivity contribution >= 4 is 40.5 Å². The van der Waals surface area contributed by atoms with E-state index in [1.165, 1.54) is 12.1 Å². The van der Waals surface area contributed by atoms with Crippen LogP contribution in [0.15, 0.2) is 18.2 Å². The second-order valence-corrected chi connectivity index (χ2v) is 7.81. The zero-order chi connectivity index (χ0) is 22.1. The van der Waals surface area contributed by atoms with Crippen molar-refractivity contribution in [1.29, 1.82) is 0 Å². The third-order valence-electron chi connectivity index (χ3n) is 4.10. The molecule has 2 N–H and O–H groups in total. The van der Waals surface area contributed by atoms with Crippen LogP contribution in [0.5, 0.6) is 11.5 Å². The predicted molar refractivity (Wildman–Crippen MR) is 117 cm³/mol. The van der Waals surface area contributed by atoms with E-state index in [0.717, 1.165) is 0 Å². The van der Waals surface area contributed by atoms with Gasteiger partial charge in [-0.25, -0.2) is 0 Å². The van der Waals surface area contributed by atoms with Gasteiger partial charge in [0, 0.05) is 6.42 Å². The number of nitrogens with one attached hydrogen (secondary N) is 2. The molecule has 0 saturated carbocycles. The standard InChI is InChI=1S/C20H27IN2O6/c1-11(2)17(22)19(25)28-14-7-5-13(6-8-16(24)27-10-21)9-15(14)29-20(26)18(23)12(3)4/h5,7,9,11-12,17-18,22-23H,6,8,10H2,1-4H3/q-2. The molecule has 2 unspecified atom stereocenters. The summed E-state index contributed by atoms with van der Waals surface area (Å²) in [7, 11) is 0. The van der Waals surface area contributed by atoms with Crippen molar-refractivity contribution in [1.82, 2.24) is 0 Å². The fourth-order valence-electron chi connectivity index (χ4n) is 2.14. The normalized spacial score (nSPS) is 13.1. The highest BCUT2D eigenvalue weighted by atomic mass is 127. The largest absolute Gasteiger partial charge is 0.665 e. The van der Waals surface area contributed by atoms with Crippen LogP contribution in [0.2, 0.25) is 0 Å². The zero-order valence-electron chi connectivity index (χ0n) is 17.0. The molecule has 0 fully saturated rings. The zero-order valence-corrected chi connectivity index (χ0v) is 19.1. The summed E-state index contributed by atoms with van der Waals surface area (Å²) in [5, 5.41) is 0. The number of alkyl halides is 1. The highest BCUT2D eigenvalue weighted by Gasteiger charge is 2.20. The third kappa shape index (κ3) is 8.27. The Morgan fingerprint density at radius 1 is 0.931 bits per heavy atom. The van der Waals surface area contributed by atoms with Gasteiger partial charge in [-0.05, 0) is 58.8 Å². The summed E-state index contributed by atoms with van der Waals surface area (Å²) in [6, 6.07) is 2.42. The van der Waals surface area contributed by atoms with Crippen LogP contribution in [0.3, 0.4) is 0 Å². The summed E-state index contributed by atoms with van der Waals surface area (Å²) >= 11 is 1.93. The minimum absolute atomic E-state index is 0.00389. The van der Waals surface area contributed by atoms with Crippen LogP contribution in [0, 0.1) is 11.8 Å². The Morgan fingerprint density at radius 2 is 1.45 bits per heavy atom. The van der Waals surface area contributed by atoms with Crippen LogP contribution >= 0.6 is 22.6 Å². The fraction of sp³-hybridized carbons (Fsp3) is 0.550. The highest BCUT2D eigenvalue weighted by Crippen LogP contribution is 2.31. The van der Waals surface area contributed by atoms with Gasteiger partial charge in [0.1, 0.15) is 4.61 Å². The lowest BCUT2D eigenvalue weighted by Gasteiger charge is -2.24. The van der Waals surface area contributed by atoms with Crippen LogP contribution in [0.25, 0.3) is 11.5 Å². The van der Waals surface area contributed by atoms with Gasteiger partial charge in [0.2, 0.25) is 0 Å². The number of hydrogen-bond acceptors (Lipinski definition) is 6. The van der Waals surface area contributed by atoms with Crippen LogP contribution in [-0.2, 0) is 25.5 Å². The molecule has 0 spiro atoms. The SMILES string of the molecule is CC(C)C([NH-])C(=O)Oc1ccc(CCC(=O)OCI)cc1OC(=O)C([NH-])C(C)C. The number of ether oxygens (including phenoxy) is 3. The number of halogens is 1. The topological polar surface area (TPSA) is 127 Å². The van der Waals surface area contributed by atoms with Crippen LogP contribution in [0.4, 0.5) is 0 Å². The second kappa shape index (κ2) is 12.1. The van der Waals surface area contributed by atoms with Crippen molar-refractivity contribution in [2.45, 2.75) is 52.6 Å². The summed E-state index contributed by atoms with van der Waals surface area (Å²) in [5.41, 5.74) is 16.4. The van der Waals surface area contributed by atoms with Crippen molar-refractivity contribution in [3.8, 4) is 11.5 Å². The van der Waals surface area contributed by atoms with E-state index in [9.17, 15) is 14.4 Å². The Bertz CT molecular complexity index is 723. The predicted octanol–water partition coefficient (Wildman–Crippen LogP) is 4.52. The van der Waals surface area contributed by atoms with E-state index in [-0.39, 0.29) is 40.3 Å². The van der Waals surface area contributed by atoms with Crippen molar-refractivity contribution in [3.05, 3.63) is 35.2 Å². The molecule has 162 valence electrons. The summed E-state index contributed by atoms with van der Waals surface area (Å²) in [4.78, 5) is 36.0. The summed E-state index contributed by atoms with van der Waals surface area (Å²) in [6.45, 7) is 6.90. The molecular formula is C20H27IN2O6-2. The maximum absolute atomic E-state index is 12.2. The number of rotatable bonds is 10. The molecule has 9 heteroatoms. The highest BCUT2D eigenvalue weighted by molar-refractivity contribution is 14.1. The first-order valence-electron chi connectivity index (χ1n) is 9.26. The second-order valence-electron chi connectivity index (χ2n) is 7.19. The van der Waals surface area contributed by atoms with Gasteiger partial charge in [-0.1, -0.05) is 45.6 Å². The van der Waals surface area contributed by atoms with Gasteiger partial charge in [0.05, 0.1) is 0 Å². The van der Waals surface area contributed by atoms with E-state index in [1.54, 1.807) is 33.8 Å². The Balaban J connectivity index is 3.07. The van der Waals surface area contributed by atoms with Gasteiger partial charge >= 0.3 is 5.97 Å². The molecule has 0 aliphatic heterocycles. The van der Waals surface area contributed by atoms with Gasteiger partial charge in [-0.2, -0.15) is 0 Å². The molecule has 0 saturated heterocycles. The van der Waals surface area contributed by atoms with Gasteiger partial charge in [0.25, 0.3) is 11.9 Å². The number of carbonyl (C=O) groups is 3. The molecular weight excluding hydrogens is 491 g/mol. The van der Waals surface area contributed by atoms with Gasteiger partial charge in [-0.15, -0.1) is 0 Å². The third-order valence-corrected chi connectivity index (χ3v) is 4.42. The average Bonchev–Trinajstić information content (AvgIpc) is 2.66. The molecule has 0 radical (unpaired) electrons. The fourth-order valence-corrected chi connectivity index (χ4v) is 2.49. The Hall–Kier alpha value is -1.72. The molecule has 0 amide bonds. The molecule has 8 nitrogen and oxygen atoms in total. The molecule has 1 rings (SSSR count). The van der Waals surface area contributed by atoms with E-state index < -0.39 is 24.0 Å².